The molecule has 2 atom stereocenters. The Hall–Kier alpha value is 0.260. The number of anilines is 1. The van der Waals surface area contributed by atoms with E-state index >= 15 is 0 Å². The van der Waals surface area contributed by atoms with E-state index in [2.05, 4.69) is 32.5 Å². The van der Waals surface area contributed by atoms with Crippen LogP contribution in [0.4, 0.5) is 5.13 Å². The maximum absolute atomic E-state index is 4.37. The van der Waals surface area contributed by atoms with Gasteiger partial charge < -0.3 is 5.32 Å². The molecule has 5 heteroatoms. The van der Waals surface area contributed by atoms with Gasteiger partial charge in [0, 0.05) is 16.7 Å². The van der Waals surface area contributed by atoms with E-state index in [4.69, 9.17) is 0 Å². The Morgan fingerprint density at radius 3 is 3.13 bits per heavy atom. The van der Waals surface area contributed by atoms with Crippen molar-refractivity contribution < 1.29 is 0 Å². The van der Waals surface area contributed by atoms with Gasteiger partial charge in [-0.05, 0) is 41.4 Å². The van der Waals surface area contributed by atoms with Gasteiger partial charge in [-0.1, -0.05) is 6.42 Å². The second-order valence-electron chi connectivity index (χ2n) is 3.84. The summed E-state index contributed by atoms with van der Waals surface area (Å²) in [7, 11) is 0. The van der Waals surface area contributed by atoms with Gasteiger partial charge in [-0.15, -0.1) is 11.3 Å². The van der Waals surface area contributed by atoms with Gasteiger partial charge in [-0.25, -0.2) is 4.98 Å². The number of halogens is 1. The number of thiazole rings is 1. The second-order valence-corrected chi connectivity index (χ2v) is 6.65. The molecule has 2 nitrogen and oxygen atoms in total. The van der Waals surface area contributed by atoms with Crippen molar-refractivity contribution in [3.63, 3.8) is 0 Å². The lowest BCUT2D eigenvalue weighted by Crippen LogP contribution is -2.28. The standard InChI is InChI=1S/C10H15BrN2S2/c1-14-8-4-2-3-7(5-8)12-10-13-9(11)6-15-10/h6-8H,2-5H2,1H3,(H,12,13). The molecule has 15 heavy (non-hydrogen) atoms. The summed E-state index contributed by atoms with van der Waals surface area (Å²) in [5.74, 6) is 0. The zero-order chi connectivity index (χ0) is 10.7. The molecule has 0 aliphatic heterocycles. The van der Waals surface area contributed by atoms with Gasteiger partial charge in [0.1, 0.15) is 4.60 Å². The molecule has 0 spiro atoms. The third kappa shape index (κ3) is 3.36. The van der Waals surface area contributed by atoms with E-state index in [9.17, 15) is 0 Å². The quantitative estimate of drug-likeness (QED) is 0.914. The summed E-state index contributed by atoms with van der Waals surface area (Å²) < 4.78 is 0.937. The molecule has 0 saturated heterocycles. The van der Waals surface area contributed by atoms with Crippen molar-refractivity contribution in [2.75, 3.05) is 11.6 Å². The normalized spacial score (nSPS) is 26.5. The maximum Gasteiger partial charge on any atom is 0.183 e. The van der Waals surface area contributed by atoms with E-state index in [-0.39, 0.29) is 0 Å². The molecule has 84 valence electrons. The summed E-state index contributed by atoms with van der Waals surface area (Å²) in [5, 5.41) is 7.44. The average Bonchev–Trinajstić information content (AvgIpc) is 2.64. The molecule has 0 amide bonds. The van der Waals surface area contributed by atoms with Gasteiger partial charge in [0.05, 0.1) is 0 Å². The summed E-state index contributed by atoms with van der Waals surface area (Å²) in [4.78, 5) is 4.37. The number of hydrogen-bond acceptors (Lipinski definition) is 4. The Morgan fingerprint density at radius 1 is 1.60 bits per heavy atom. The molecule has 1 heterocycles. The predicted molar refractivity (Wildman–Crippen MR) is 73.0 cm³/mol. The van der Waals surface area contributed by atoms with Crippen LogP contribution in [0.5, 0.6) is 0 Å². The fraction of sp³-hybridized carbons (Fsp3) is 0.700. The Balaban J connectivity index is 1.88. The van der Waals surface area contributed by atoms with Crippen LogP contribution < -0.4 is 5.32 Å². The summed E-state index contributed by atoms with van der Waals surface area (Å²) in [6, 6.07) is 0.620. The minimum Gasteiger partial charge on any atom is -0.359 e. The van der Waals surface area contributed by atoms with Gasteiger partial charge in [0.15, 0.2) is 5.13 Å². The van der Waals surface area contributed by atoms with E-state index in [1.165, 1.54) is 25.7 Å². The lowest BCUT2D eigenvalue weighted by atomic mass is 9.95. The third-order valence-corrected chi connectivity index (χ3v) is 5.34. The van der Waals surface area contributed by atoms with Gasteiger partial charge in [-0.2, -0.15) is 11.8 Å². The monoisotopic (exact) mass is 306 g/mol. The molecule has 1 saturated carbocycles. The number of hydrogen-bond donors (Lipinski definition) is 1. The van der Waals surface area contributed by atoms with Crippen molar-refractivity contribution in [2.45, 2.75) is 37.0 Å². The first-order chi connectivity index (χ1) is 7.28. The number of thioether (sulfide) groups is 1. The topological polar surface area (TPSA) is 24.9 Å². The molecular weight excluding hydrogens is 292 g/mol. The SMILES string of the molecule is CSC1CCCC(Nc2nc(Br)cs2)C1. The number of rotatable bonds is 3. The van der Waals surface area contributed by atoms with Crippen molar-refractivity contribution in [1.29, 1.82) is 0 Å². The molecule has 0 radical (unpaired) electrons. The summed E-state index contributed by atoms with van der Waals surface area (Å²) in [6.07, 6.45) is 7.50. The van der Waals surface area contributed by atoms with Crippen LogP contribution in [0.3, 0.4) is 0 Å². The highest BCUT2D eigenvalue weighted by Crippen LogP contribution is 2.30. The number of nitrogens with one attached hydrogen (secondary N) is 1. The van der Waals surface area contributed by atoms with Crippen LogP contribution in [0, 0.1) is 0 Å². The second kappa shape index (κ2) is 5.55. The van der Waals surface area contributed by atoms with Crippen molar-refractivity contribution in [3.8, 4) is 0 Å². The smallest absolute Gasteiger partial charge is 0.183 e. The average molecular weight is 307 g/mol. The van der Waals surface area contributed by atoms with Gasteiger partial charge >= 0.3 is 0 Å². The molecule has 0 bridgehead atoms. The van der Waals surface area contributed by atoms with Crippen molar-refractivity contribution in [1.82, 2.24) is 4.98 Å². The van der Waals surface area contributed by atoms with E-state index in [1.54, 1.807) is 11.3 Å². The highest BCUT2D eigenvalue weighted by molar-refractivity contribution is 9.10. The fourth-order valence-corrected chi connectivity index (χ4v) is 4.03. The van der Waals surface area contributed by atoms with Gasteiger partial charge in [0.25, 0.3) is 0 Å². The molecule has 1 aromatic heterocycles. The maximum atomic E-state index is 4.37. The highest BCUT2D eigenvalue weighted by Gasteiger charge is 2.21. The van der Waals surface area contributed by atoms with Crippen LogP contribution in [0.1, 0.15) is 25.7 Å². The van der Waals surface area contributed by atoms with Crippen LogP contribution >= 0.6 is 39.0 Å². The largest absolute Gasteiger partial charge is 0.359 e. The van der Waals surface area contributed by atoms with E-state index in [0.29, 0.717) is 6.04 Å². The van der Waals surface area contributed by atoms with Crippen LogP contribution in [-0.2, 0) is 0 Å². The fourth-order valence-electron chi connectivity index (χ4n) is 1.99. The van der Waals surface area contributed by atoms with Gasteiger partial charge in [0.2, 0.25) is 0 Å². The molecule has 1 aliphatic rings. The third-order valence-electron chi connectivity index (χ3n) is 2.76. The summed E-state index contributed by atoms with van der Waals surface area (Å²) >= 11 is 7.05. The molecule has 1 aliphatic carbocycles. The zero-order valence-electron chi connectivity index (χ0n) is 8.70. The van der Waals surface area contributed by atoms with Crippen molar-refractivity contribution >= 4 is 44.2 Å². The Labute approximate surface area is 107 Å². The molecule has 2 rings (SSSR count). The minimum absolute atomic E-state index is 0.620. The first-order valence-corrected chi connectivity index (χ1v) is 8.14. The lowest BCUT2D eigenvalue weighted by molar-refractivity contribution is 0.473. The molecule has 1 aromatic rings. The predicted octanol–water partition coefficient (Wildman–Crippen LogP) is 3.99. The Morgan fingerprint density at radius 2 is 2.47 bits per heavy atom. The Bertz CT molecular complexity index is 316. The first kappa shape index (κ1) is 11.7. The summed E-state index contributed by atoms with van der Waals surface area (Å²) in [6.45, 7) is 0. The summed E-state index contributed by atoms with van der Waals surface area (Å²) in [5.41, 5.74) is 0. The van der Waals surface area contributed by atoms with Crippen LogP contribution in [0.15, 0.2) is 9.98 Å². The molecule has 2 unspecified atom stereocenters. The first-order valence-electron chi connectivity index (χ1n) is 5.18. The van der Waals surface area contributed by atoms with Crippen LogP contribution in [0.2, 0.25) is 0 Å². The van der Waals surface area contributed by atoms with Crippen LogP contribution in [-0.4, -0.2) is 22.5 Å². The number of nitrogens with zero attached hydrogens (tertiary/aromatic N) is 1. The molecular formula is C10H15BrN2S2. The Kier molecular flexibility index (Phi) is 4.34. The van der Waals surface area contributed by atoms with E-state index < -0.39 is 0 Å². The molecule has 1 fully saturated rings. The molecule has 1 N–H and O–H groups in total. The van der Waals surface area contributed by atoms with Crippen molar-refractivity contribution in [3.05, 3.63) is 9.98 Å². The zero-order valence-corrected chi connectivity index (χ0v) is 11.9. The van der Waals surface area contributed by atoms with Crippen molar-refractivity contribution in [2.24, 2.45) is 0 Å². The minimum atomic E-state index is 0.620. The number of aromatic nitrogens is 1. The molecule has 0 aromatic carbocycles. The van der Waals surface area contributed by atoms with E-state index in [0.717, 1.165) is 15.0 Å². The van der Waals surface area contributed by atoms with Crippen LogP contribution in [0.25, 0.3) is 0 Å². The van der Waals surface area contributed by atoms with Gasteiger partial charge in [-0.3, -0.25) is 0 Å². The highest BCUT2D eigenvalue weighted by atomic mass is 79.9. The van der Waals surface area contributed by atoms with E-state index in [1.807, 2.05) is 17.1 Å². The lowest BCUT2D eigenvalue weighted by Gasteiger charge is -2.28.